The van der Waals surface area contributed by atoms with Gasteiger partial charge in [0.15, 0.2) is 0 Å². The fraction of sp³-hybridized carbons (Fsp3) is 0.231. The highest BCUT2D eigenvalue weighted by Crippen LogP contribution is 2.42. The molecule has 6 rings (SSSR count). The first-order valence-corrected chi connectivity index (χ1v) is 11.5. The van der Waals surface area contributed by atoms with Crippen molar-refractivity contribution < 1.29 is 4.74 Å². The molecule has 0 aliphatic carbocycles. The predicted molar refractivity (Wildman–Crippen MR) is 134 cm³/mol. The van der Waals surface area contributed by atoms with E-state index in [4.69, 9.17) is 16.3 Å². The van der Waals surface area contributed by atoms with Gasteiger partial charge in [-0.2, -0.15) is 0 Å². The van der Waals surface area contributed by atoms with Gasteiger partial charge in [0.05, 0.1) is 28.9 Å². The Hall–Kier alpha value is -3.55. The molecule has 0 amide bonds. The molecule has 0 bridgehead atoms. The van der Waals surface area contributed by atoms with Crippen LogP contribution in [0.25, 0.3) is 33.1 Å². The van der Waals surface area contributed by atoms with Gasteiger partial charge in [0, 0.05) is 55.4 Å². The summed E-state index contributed by atoms with van der Waals surface area (Å²) >= 11 is 6.16. The van der Waals surface area contributed by atoms with Crippen molar-refractivity contribution in [3.05, 3.63) is 91.8 Å². The molecule has 0 spiro atoms. The van der Waals surface area contributed by atoms with Crippen molar-refractivity contribution >= 4 is 33.4 Å². The molecular weight excluding hydrogens is 452 g/mol. The molecule has 0 radical (unpaired) electrons. The van der Waals surface area contributed by atoms with Crippen LogP contribution in [-0.2, 0) is 32.4 Å². The number of para-hydroxylation sites is 1. The Bertz CT molecular complexity index is 1720. The number of ether oxygens (including phenoxy) is 1. The molecule has 2 aromatic carbocycles. The summed E-state index contributed by atoms with van der Waals surface area (Å²) in [4.78, 5) is 26.5. The van der Waals surface area contributed by atoms with Crippen LogP contribution in [0.15, 0.2) is 64.3 Å². The summed E-state index contributed by atoms with van der Waals surface area (Å²) in [6.07, 6.45) is 1.64. The molecule has 5 aromatic rings. The molecule has 1 atom stereocenters. The first-order chi connectivity index (χ1) is 16.4. The van der Waals surface area contributed by atoms with E-state index >= 15 is 0 Å². The van der Waals surface area contributed by atoms with Crippen molar-refractivity contribution in [1.29, 1.82) is 0 Å². The van der Waals surface area contributed by atoms with Crippen LogP contribution in [0.1, 0.15) is 17.4 Å². The van der Waals surface area contributed by atoms with Crippen molar-refractivity contribution in [3.63, 3.8) is 0 Å². The summed E-state index contributed by atoms with van der Waals surface area (Å²) in [5.41, 5.74) is 4.50. The maximum atomic E-state index is 13.5. The van der Waals surface area contributed by atoms with E-state index in [1.807, 2.05) is 43.4 Å². The number of rotatable bonds is 2. The van der Waals surface area contributed by atoms with Crippen molar-refractivity contribution in [3.8, 4) is 11.3 Å². The second kappa shape index (κ2) is 7.48. The van der Waals surface area contributed by atoms with E-state index in [1.165, 1.54) is 11.6 Å². The number of nitrogens with zero attached hydrogens (tertiary/aromatic N) is 4. The standard InChI is InChI=1S/C26H23ClN4O3/c1-28-14-18(17-6-4-5-7-19(17)28)24-23-22-20(25(32)30(3)26(33)29(22)2)21(31(23)12-13-34-24)15-8-10-16(27)11-9-15/h4-11,14,24H,12-13H2,1-3H3/t24-/m1/s1. The van der Waals surface area contributed by atoms with Gasteiger partial charge in [0.1, 0.15) is 6.10 Å². The van der Waals surface area contributed by atoms with Crippen LogP contribution in [-0.4, -0.2) is 24.9 Å². The summed E-state index contributed by atoms with van der Waals surface area (Å²) in [7, 11) is 5.24. The van der Waals surface area contributed by atoms with Crippen LogP contribution < -0.4 is 11.2 Å². The van der Waals surface area contributed by atoms with Crippen molar-refractivity contribution in [1.82, 2.24) is 18.3 Å². The van der Waals surface area contributed by atoms with Gasteiger partial charge in [0.25, 0.3) is 5.56 Å². The molecule has 34 heavy (non-hydrogen) atoms. The number of aryl methyl sites for hydroxylation is 2. The third-order valence-corrected chi connectivity index (χ3v) is 7.13. The number of benzene rings is 2. The summed E-state index contributed by atoms with van der Waals surface area (Å²) in [6.45, 7) is 1.05. The molecular formula is C26H23ClN4O3. The van der Waals surface area contributed by atoms with Gasteiger partial charge in [0.2, 0.25) is 0 Å². The third kappa shape index (κ3) is 2.80. The van der Waals surface area contributed by atoms with E-state index in [1.54, 1.807) is 11.6 Å². The molecule has 0 saturated carbocycles. The third-order valence-electron chi connectivity index (χ3n) is 6.88. The molecule has 7 nitrogen and oxygen atoms in total. The van der Waals surface area contributed by atoms with E-state index in [9.17, 15) is 9.59 Å². The number of hydrogen-bond donors (Lipinski definition) is 0. The van der Waals surface area contributed by atoms with Crippen LogP contribution in [0, 0.1) is 0 Å². The molecule has 3 aromatic heterocycles. The molecule has 0 unspecified atom stereocenters. The lowest BCUT2D eigenvalue weighted by Gasteiger charge is -2.27. The zero-order valence-electron chi connectivity index (χ0n) is 19.1. The van der Waals surface area contributed by atoms with Crippen LogP contribution in [0.2, 0.25) is 5.02 Å². The average molecular weight is 475 g/mol. The van der Waals surface area contributed by atoms with Crippen molar-refractivity contribution in [2.75, 3.05) is 6.61 Å². The summed E-state index contributed by atoms with van der Waals surface area (Å²) in [5.74, 6) is 0. The number of aromatic nitrogens is 4. The Balaban J connectivity index is 1.77. The highest BCUT2D eigenvalue weighted by atomic mass is 35.5. The Labute approximate surface area is 200 Å². The molecule has 1 aliphatic heterocycles. The van der Waals surface area contributed by atoms with Crippen LogP contribution in [0.3, 0.4) is 0 Å². The normalized spacial score (nSPS) is 15.8. The molecule has 0 fully saturated rings. The predicted octanol–water partition coefficient (Wildman–Crippen LogP) is 3.97. The molecule has 1 aliphatic rings. The number of halogens is 1. The monoisotopic (exact) mass is 474 g/mol. The van der Waals surface area contributed by atoms with E-state index in [-0.39, 0.29) is 11.2 Å². The second-order valence-electron chi connectivity index (χ2n) is 8.79. The number of hydrogen-bond acceptors (Lipinski definition) is 3. The first kappa shape index (κ1) is 21.0. The second-order valence-corrected chi connectivity index (χ2v) is 9.22. The van der Waals surface area contributed by atoms with Crippen LogP contribution >= 0.6 is 11.6 Å². The topological polar surface area (TPSA) is 63.1 Å². The zero-order valence-corrected chi connectivity index (χ0v) is 19.8. The summed E-state index contributed by atoms with van der Waals surface area (Å²) < 4.78 is 13.3. The Morgan fingerprint density at radius 1 is 0.971 bits per heavy atom. The lowest BCUT2D eigenvalue weighted by atomic mass is 10.0. The van der Waals surface area contributed by atoms with Gasteiger partial charge in [-0.15, -0.1) is 0 Å². The van der Waals surface area contributed by atoms with Gasteiger partial charge in [-0.05, 0) is 23.8 Å². The largest absolute Gasteiger partial charge is 0.365 e. The number of fused-ring (bicyclic) bond motifs is 4. The first-order valence-electron chi connectivity index (χ1n) is 11.1. The minimum absolute atomic E-state index is 0.318. The lowest BCUT2D eigenvalue weighted by molar-refractivity contribution is 0.0486. The maximum absolute atomic E-state index is 13.5. The lowest BCUT2D eigenvalue weighted by Crippen LogP contribution is -2.37. The molecule has 8 heteroatoms. The van der Waals surface area contributed by atoms with E-state index in [0.29, 0.717) is 29.1 Å². The Kier molecular flexibility index (Phi) is 4.62. The van der Waals surface area contributed by atoms with Gasteiger partial charge in [-0.25, -0.2) is 4.79 Å². The van der Waals surface area contributed by atoms with E-state index < -0.39 is 6.10 Å². The van der Waals surface area contributed by atoms with E-state index in [2.05, 4.69) is 27.5 Å². The van der Waals surface area contributed by atoms with Gasteiger partial charge in [-0.3, -0.25) is 13.9 Å². The quantitative estimate of drug-likeness (QED) is 0.389. The fourth-order valence-corrected chi connectivity index (χ4v) is 5.43. The van der Waals surface area contributed by atoms with Crippen LogP contribution in [0.5, 0.6) is 0 Å². The van der Waals surface area contributed by atoms with Gasteiger partial charge in [-0.1, -0.05) is 41.9 Å². The van der Waals surface area contributed by atoms with Crippen molar-refractivity contribution in [2.45, 2.75) is 12.6 Å². The molecule has 4 heterocycles. The molecule has 172 valence electrons. The van der Waals surface area contributed by atoms with Gasteiger partial charge >= 0.3 is 5.69 Å². The highest BCUT2D eigenvalue weighted by Gasteiger charge is 2.34. The Morgan fingerprint density at radius 2 is 1.71 bits per heavy atom. The fourth-order valence-electron chi connectivity index (χ4n) is 5.31. The Morgan fingerprint density at radius 3 is 2.47 bits per heavy atom. The highest BCUT2D eigenvalue weighted by molar-refractivity contribution is 6.30. The SMILES string of the molecule is Cn1c(=O)c2c(-c3ccc(Cl)cc3)n3c(c2n(C)c1=O)[C@@H](c1cn(C)c2ccccc12)OCC3. The molecule has 0 N–H and O–H groups in total. The zero-order chi connectivity index (χ0) is 23.7. The summed E-state index contributed by atoms with van der Waals surface area (Å²) in [6, 6.07) is 15.6. The maximum Gasteiger partial charge on any atom is 0.331 e. The van der Waals surface area contributed by atoms with E-state index in [0.717, 1.165) is 33.4 Å². The summed E-state index contributed by atoms with van der Waals surface area (Å²) in [5, 5.41) is 2.22. The average Bonchev–Trinajstić information content (AvgIpc) is 3.37. The van der Waals surface area contributed by atoms with Crippen LogP contribution in [0.4, 0.5) is 0 Å². The minimum atomic E-state index is -0.430. The molecule has 0 saturated heterocycles. The van der Waals surface area contributed by atoms with Gasteiger partial charge < -0.3 is 13.9 Å². The minimum Gasteiger partial charge on any atom is -0.365 e. The smallest absolute Gasteiger partial charge is 0.331 e. The van der Waals surface area contributed by atoms with Crippen molar-refractivity contribution in [2.24, 2.45) is 21.1 Å².